The monoisotopic (exact) mass is 420 g/mol. The molecule has 0 radical (unpaired) electrons. The molecule has 0 saturated heterocycles. The SMILES string of the molecule is O=C(CCc1nnc(Cc2ccc3c(c2)OCO3)[nH]c1=O)NCCCc1ccccc1. The number of aromatic amines is 1. The fourth-order valence-corrected chi connectivity index (χ4v) is 3.37. The molecule has 1 aromatic heterocycles. The van der Waals surface area contributed by atoms with Crippen molar-refractivity contribution in [2.75, 3.05) is 13.3 Å². The second-order valence-corrected chi connectivity index (χ2v) is 7.35. The summed E-state index contributed by atoms with van der Waals surface area (Å²) in [5.41, 5.74) is 2.12. The van der Waals surface area contributed by atoms with Crippen molar-refractivity contribution in [3.8, 4) is 11.5 Å². The average Bonchev–Trinajstić information content (AvgIpc) is 3.25. The molecule has 8 heteroatoms. The maximum absolute atomic E-state index is 12.3. The fourth-order valence-electron chi connectivity index (χ4n) is 3.37. The van der Waals surface area contributed by atoms with Gasteiger partial charge in [0, 0.05) is 25.8 Å². The molecule has 1 amide bonds. The number of carbonyl (C=O) groups excluding carboxylic acids is 1. The van der Waals surface area contributed by atoms with Crippen molar-refractivity contribution in [2.24, 2.45) is 0 Å². The first kappa shape index (κ1) is 20.6. The lowest BCUT2D eigenvalue weighted by Crippen LogP contribution is -2.27. The first-order valence-electron chi connectivity index (χ1n) is 10.3. The van der Waals surface area contributed by atoms with Crippen molar-refractivity contribution in [1.29, 1.82) is 0 Å². The number of amides is 1. The van der Waals surface area contributed by atoms with Crippen molar-refractivity contribution < 1.29 is 14.3 Å². The summed E-state index contributed by atoms with van der Waals surface area (Å²) < 4.78 is 10.7. The number of hydrogen-bond donors (Lipinski definition) is 2. The van der Waals surface area contributed by atoms with Crippen LogP contribution in [-0.4, -0.2) is 34.4 Å². The summed E-state index contributed by atoms with van der Waals surface area (Å²) in [4.78, 5) is 27.1. The van der Waals surface area contributed by atoms with Gasteiger partial charge in [-0.3, -0.25) is 9.59 Å². The molecule has 0 atom stereocenters. The summed E-state index contributed by atoms with van der Waals surface area (Å²) in [7, 11) is 0. The highest BCUT2D eigenvalue weighted by atomic mass is 16.7. The third-order valence-corrected chi connectivity index (χ3v) is 5.02. The Balaban J connectivity index is 1.23. The van der Waals surface area contributed by atoms with Gasteiger partial charge in [-0.15, -0.1) is 10.2 Å². The Morgan fingerprint density at radius 2 is 1.84 bits per heavy atom. The zero-order valence-corrected chi connectivity index (χ0v) is 17.1. The predicted octanol–water partition coefficient (Wildman–Crippen LogP) is 2.17. The first-order valence-corrected chi connectivity index (χ1v) is 10.3. The van der Waals surface area contributed by atoms with Crippen molar-refractivity contribution in [1.82, 2.24) is 20.5 Å². The Kier molecular flexibility index (Phi) is 6.56. The summed E-state index contributed by atoms with van der Waals surface area (Å²) in [5.74, 6) is 1.74. The number of H-pyrrole nitrogens is 1. The number of benzene rings is 2. The van der Waals surface area contributed by atoms with E-state index in [0.717, 1.165) is 18.4 Å². The molecule has 0 spiro atoms. The standard InChI is InChI=1S/C23H24N4O4/c28-22(24-12-4-7-16-5-2-1-3-6-16)11-9-18-23(29)25-21(27-26-18)14-17-8-10-19-20(13-17)31-15-30-19/h1-3,5-6,8,10,13H,4,7,9,11-12,14-15H2,(H,24,28)(H,25,27,29). The lowest BCUT2D eigenvalue weighted by Gasteiger charge is -2.06. The number of aryl methyl sites for hydroxylation is 2. The summed E-state index contributed by atoms with van der Waals surface area (Å²) >= 11 is 0. The minimum Gasteiger partial charge on any atom is -0.454 e. The number of hydrogen-bond acceptors (Lipinski definition) is 6. The molecule has 0 fully saturated rings. The molecule has 8 nitrogen and oxygen atoms in total. The lowest BCUT2D eigenvalue weighted by atomic mass is 10.1. The van der Waals surface area contributed by atoms with E-state index in [1.54, 1.807) is 0 Å². The maximum atomic E-state index is 12.3. The van der Waals surface area contributed by atoms with Crippen LogP contribution >= 0.6 is 0 Å². The molecule has 1 aliphatic heterocycles. The van der Waals surface area contributed by atoms with Gasteiger partial charge in [0.1, 0.15) is 11.5 Å². The molecule has 2 N–H and O–H groups in total. The van der Waals surface area contributed by atoms with Gasteiger partial charge < -0.3 is 19.8 Å². The molecule has 3 aromatic rings. The molecule has 2 heterocycles. The van der Waals surface area contributed by atoms with E-state index in [1.807, 2.05) is 36.4 Å². The largest absolute Gasteiger partial charge is 0.454 e. The summed E-state index contributed by atoms with van der Waals surface area (Å²) in [6, 6.07) is 15.7. The van der Waals surface area contributed by atoms with Crippen LogP contribution in [0.4, 0.5) is 0 Å². The van der Waals surface area contributed by atoms with Gasteiger partial charge in [-0.05, 0) is 36.1 Å². The van der Waals surface area contributed by atoms with Crippen LogP contribution in [0.15, 0.2) is 53.3 Å². The molecule has 0 bridgehead atoms. The highest BCUT2D eigenvalue weighted by molar-refractivity contribution is 5.76. The van der Waals surface area contributed by atoms with Crippen LogP contribution in [0.5, 0.6) is 11.5 Å². The van der Waals surface area contributed by atoms with Crippen molar-refractivity contribution in [2.45, 2.75) is 32.1 Å². The van der Waals surface area contributed by atoms with Gasteiger partial charge in [-0.25, -0.2) is 0 Å². The Bertz CT molecular complexity index is 1100. The number of aromatic nitrogens is 3. The van der Waals surface area contributed by atoms with Crippen LogP contribution in [0.2, 0.25) is 0 Å². The van der Waals surface area contributed by atoms with Gasteiger partial charge in [0.25, 0.3) is 5.56 Å². The number of ether oxygens (including phenoxy) is 2. The van der Waals surface area contributed by atoms with Gasteiger partial charge in [0.2, 0.25) is 12.7 Å². The summed E-state index contributed by atoms with van der Waals surface area (Å²) in [5, 5.41) is 11.0. The van der Waals surface area contributed by atoms with E-state index < -0.39 is 0 Å². The minimum absolute atomic E-state index is 0.0984. The zero-order valence-electron chi connectivity index (χ0n) is 17.1. The van der Waals surface area contributed by atoms with Crippen LogP contribution in [0.25, 0.3) is 0 Å². The molecule has 1 aliphatic rings. The second kappa shape index (κ2) is 9.88. The van der Waals surface area contributed by atoms with E-state index in [2.05, 4.69) is 32.6 Å². The molecule has 2 aromatic carbocycles. The number of carbonyl (C=O) groups is 1. The number of nitrogens with one attached hydrogen (secondary N) is 2. The molecule has 4 rings (SSSR count). The van der Waals surface area contributed by atoms with Gasteiger partial charge >= 0.3 is 0 Å². The smallest absolute Gasteiger partial charge is 0.272 e. The average molecular weight is 420 g/mol. The van der Waals surface area contributed by atoms with E-state index >= 15 is 0 Å². The quantitative estimate of drug-likeness (QED) is 0.514. The topological polar surface area (TPSA) is 106 Å². The van der Waals surface area contributed by atoms with E-state index in [9.17, 15) is 9.59 Å². The highest BCUT2D eigenvalue weighted by Crippen LogP contribution is 2.32. The second-order valence-electron chi connectivity index (χ2n) is 7.35. The molecular formula is C23H24N4O4. The van der Waals surface area contributed by atoms with Crippen LogP contribution in [0, 0.1) is 0 Å². The number of nitrogens with zero attached hydrogens (tertiary/aromatic N) is 2. The summed E-state index contributed by atoms with van der Waals surface area (Å²) in [6.07, 6.45) is 2.64. The Morgan fingerprint density at radius 1 is 1.00 bits per heavy atom. The maximum Gasteiger partial charge on any atom is 0.272 e. The molecule has 0 aliphatic carbocycles. The van der Waals surface area contributed by atoms with Crippen LogP contribution in [-0.2, 0) is 24.1 Å². The third kappa shape index (κ3) is 5.69. The molecular weight excluding hydrogens is 396 g/mol. The molecule has 160 valence electrons. The van der Waals surface area contributed by atoms with E-state index in [0.29, 0.717) is 30.3 Å². The van der Waals surface area contributed by atoms with Crippen LogP contribution in [0.1, 0.15) is 35.5 Å². The third-order valence-electron chi connectivity index (χ3n) is 5.02. The normalized spacial score (nSPS) is 12.0. The van der Waals surface area contributed by atoms with E-state index in [4.69, 9.17) is 9.47 Å². The lowest BCUT2D eigenvalue weighted by molar-refractivity contribution is -0.121. The fraction of sp³-hybridized carbons (Fsp3) is 0.304. The van der Waals surface area contributed by atoms with Gasteiger partial charge in [0.05, 0.1) is 0 Å². The van der Waals surface area contributed by atoms with Gasteiger partial charge in [0.15, 0.2) is 11.5 Å². The highest BCUT2D eigenvalue weighted by Gasteiger charge is 2.14. The number of rotatable bonds is 9. The van der Waals surface area contributed by atoms with E-state index in [1.165, 1.54) is 5.56 Å². The minimum atomic E-state index is -0.317. The number of fused-ring (bicyclic) bond motifs is 1. The zero-order chi connectivity index (χ0) is 21.5. The first-order chi connectivity index (χ1) is 15.2. The molecule has 0 saturated carbocycles. The Morgan fingerprint density at radius 3 is 2.68 bits per heavy atom. The van der Waals surface area contributed by atoms with Gasteiger partial charge in [-0.1, -0.05) is 36.4 Å². The van der Waals surface area contributed by atoms with Crippen molar-refractivity contribution >= 4 is 5.91 Å². The predicted molar refractivity (Wildman–Crippen MR) is 114 cm³/mol. The van der Waals surface area contributed by atoms with Crippen molar-refractivity contribution in [3.63, 3.8) is 0 Å². The van der Waals surface area contributed by atoms with Gasteiger partial charge in [-0.2, -0.15) is 0 Å². The van der Waals surface area contributed by atoms with Crippen LogP contribution in [0.3, 0.4) is 0 Å². The molecule has 31 heavy (non-hydrogen) atoms. The molecule has 0 unspecified atom stereocenters. The Labute approximate surface area is 179 Å². The van der Waals surface area contributed by atoms with Crippen LogP contribution < -0.4 is 20.3 Å². The summed E-state index contributed by atoms with van der Waals surface area (Å²) in [6.45, 7) is 0.814. The van der Waals surface area contributed by atoms with Crippen molar-refractivity contribution in [3.05, 3.63) is 81.5 Å². The van der Waals surface area contributed by atoms with E-state index in [-0.39, 0.29) is 36.8 Å². The Hall–Kier alpha value is -3.68.